The lowest BCUT2D eigenvalue weighted by atomic mass is 9.49. The third-order valence-electron chi connectivity index (χ3n) is 6.14. The summed E-state index contributed by atoms with van der Waals surface area (Å²) < 4.78 is 11.2. The Labute approximate surface area is 181 Å². The van der Waals surface area contributed by atoms with Crippen LogP contribution in [0.15, 0.2) is 0 Å². The van der Waals surface area contributed by atoms with Gasteiger partial charge in [-0.1, -0.05) is 80.1 Å². The molecule has 174 valence electrons. The van der Waals surface area contributed by atoms with Crippen LogP contribution in [0.5, 0.6) is 0 Å². The number of rotatable bonds is 16. The predicted molar refractivity (Wildman–Crippen MR) is 121 cm³/mol. The largest absolute Gasteiger partial charge is 0.328 e. The van der Waals surface area contributed by atoms with Gasteiger partial charge in [-0.05, 0) is 37.5 Å². The normalized spacial score (nSPS) is 14.3. The van der Waals surface area contributed by atoms with Crippen LogP contribution in [0.4, 0.5) is 0 Å². The first-order valence-corrected chi connectivity index (χ1v) is 12.9. The zero-order chi connectivity index (χ0) is 22.9. The Balaban J connectivity index is 6.41. The highest BCUT2D eigenvalue weighted by molar-refractivity contribution is 7.39. The first-order chi connectivity index (χ1) is 13.2. The molecule has 2 radical (unpaired) electrons. The van der Waals surface area contributed by atoms with Crippen LogP contribution in [0.2, 0.25) is 0 Å². The molecule has 6 nitrogen and oxygen atoms in total. The minimum absolute atomic E-state index is 0.177. The molecule has 0 aromatic heterocycles. The number of hydrogen-bond acceptors (Lipinski definition) is 6. The van der Waals surface area contributed by atoms with Gasteiger partial charge in [0.25, 0.3) is 0 Å². The van der Waals surface area contributed by atoms with Crippen molar-refractivity contribution in [1.82, 2.24) is 0 Å². The van der Waals surface area contributed by atoms with Gasteiger partial charge in [0.1, 0.15) is 0 Å². The molecule has 8 heteroatoms. The third kappa shape index (κ3) is 7.91. The summed E-state index contributed by atoms with van der Waals surface area (Å²) in [7, 11) is -5.29. The van der Waals surface area contributed by atoms with E-state index in [9.17, 15) is 19.6 Å². The van der Waals surface area contributed by atoms with Crippen LogP contribution in [0.1, 0.15) is 92.9 Å². The van der Waals surface area contributed by atoms with E-state index < -0.39 is 39.1 Å². The Kier molecular flexibility index (Phi) is 12.9. The maximum Gasteiger partial charge on any atom is 0.327 e. The van der Waals surface area contributed by atoms with Gasteiger partial charge in [0.05, 0.1) is 12.2 Å². The second-order valence-electron chi connectivity index (χ2n) is 9.51. The summed E-state index contributed by atoms with van der Waals surface area (Å²) in [4.78, 5) is 38.7. The van der Waals surface area contributed by atoms with Crippen LogP contribution in [-0.2, 0) is 9.05 Å². The predicted octanol–water partition coefficient (Wildman–Crippen LogP) is 6.05. The van der Waals surface area contributed by atoms with Gasteiger partial charge >= 0.3 is 17.2 Å². The Morgan fingerprint density at radius 3 is 1.45 bits per heavy atom. The first-order valence-electron chi connectivity index (χ1n) is 10.6. The Bertz CT molecular complexity index is 430. The molecule has 0 aliphatic heterocycles. The Morgan fingerprint density at radius 2 is 1.14 bits per heavy atom. The molecule has 29 heavy (non-hydrogen) atoms. The van der Waals surface area contributed by atoms with E-state index in [0.717, 1.165) is 51.4 Å². The van der Waals surface area contributed by atoms with E-state index in [1.807, 2.05) is 0 Å². The van der Waals surface area contributed by atoms with Gasteiger partial charge in [0.15, 0.2) is 0 Å². The van der Waals surface area contributed by atoms with E-state index in [1.54, 1.807) is 0 Å². The molecular weight excluding hydrogens is 410 g/mol. The van der Waals surface area contributed by atoms with Crippen molar-refractivity contribution in [3.63, 3.8) is 0 Å². The van der Waals surface area contributed by atoms with Gasteiger partial charge in [-0.2, -0.15) is 0 Å². The molecule has 0 spiro atoms. The van der Waals surface area contributed by atoms with E-state index in [4.69, 9.17) is 9.05 Å². The fourth-order valence-electron chi connectivity index (χ4n) is 5.09. The summed E-state index contributed by atoms with van der Waals surface area (Å²) in [6.45, 7) is 20.8. The lowest BCUT2D eigenvalue weighted by molar-refractivity contribution is -0.200. The smallest absolute Gasteiger partial charge is 0.327 e. The average molecular weight is 455 g/mol. The maximum atomic E-state index is 10.0. The molecule has 0 atom stereocenters. The van der Waals surface area contributed by atoms with Gasteiger partial charge in [-0.3, -0.25) is 0 Å². The fourth-order valence-corrected chi connectivity index (χ4v) is 6.38. The fraction of sp³-hybridized carbons (Fsp3) is 0.905. The van der Waals surface area contributed by atoms with E-state index in [2.05, 4.69) is 55.4 Å². The van der Waals surface area contributed by atoms with Crippen LogP contribution in [0.25, 0.3) is 0 Å². The minimum Gasteiger partial charge on any atom is -0.328 e. The van der Waals surface area contributed by atoms with E-state index in [0.29, 0.717) is 0 Å². The number of hydrogen-bond donors (Lipinski definition) is 4. The van der Waals surface area contributed by atoms with Crippen LogP contribution in [0.3, 0.4) is 0 Å². The summed E-state index contributed by atoms with van der Waals surface area (Å²) >= 11 is 0. The maximum absolute atomic E-state index is 10.0. The molecular formula is C21H44O6P2. The molecule has 4 N–H and O–H groups in total. The monoisotopic (exact) mass is 454 g/mol. The van der Waals surface area contributed by atoms with Gasteiger partial charge in [0.2, 0.25) is 0 Å². The summed E-state index contributed by atoms with van der Waals surface area (Å²) in [6, 6.07) is 0. The summed E-state index contributed by atoms with van der Waals surface area (Å²) in [5, 5.41) is 0. The molecule has 0 heterocycles. The van der Waals surface area contributed by atoms with Crippen molar-refractivity contribution in [2.45, 2.75) is 98.5 Å². The molecule has 0 saturated heterocycles. The highest BCUT2D eigenvalue weighted by Crippen LogP contribution is 2.63. The van der Waals surface area contributed by atoms with Crippen molar-refractivity contribution < 1.29 is 28.6 Å². The molecule has 0 saturated carbocycles. The van der Waals surface area contributed by atoms with Crippen molar-refractivity contribution in [3.8, 4) is 0 Å². The lowest BCUT2D eigenvalue weighted by Crippen LogP contribution is -2.66. The van der Waals surface area contributed by atoms with Crippen molar-refractivity contribution in [1.29, 1.82) is 0 Å². The Morgan fingerprint density at radius 1 is 0.724 bits per heavy atom. The minimum atomic E-state index is -2.70. The standard InChI is InChI=1S/C21H44O6P2/c1-9-11-13-15-18(3,4)21(27-29(24)25,19(5,6)16-14-12-10-2)20(7,8)17-26-28(22)23/h22-25H,7-17H2,1-6H3. The van der Waals surface area contributed by atoms with Crippen LogP contribution in [-0.4, -0.2) is 31.8 Å². The summed E-state index contributed by atoms with van der Waals surface area (Å²) in [6.07, 6.45) is 7.72. The summed E-state index contributed by atoms with van der Waals surface area (Å²) in [5.41, 5.74) is -3.47. The molecule has 0 aromatic rings. The van der Waals surface area contributed by atoms with Crippen LogP contribution < -0.4 is 0 Å². The highest BCUT2D eigenvalue weighted by atomic mass is 31.2. The molecule has 0 aromatic carbocycles. The zero-order valence-electron chi connectivity index (χ0n) is 19.3. The van der Waals surface area contributed by atoms with E-state index in [-0.39, 0.29) is 6.61 Å². The topological polar surface area (TPSA) is 99.4 Å². The number of unbranched alkanes of at least 4 members (excludes halogenated alkanes) is 4. The van der Waals surface area contributed by atoms with Gasteiger partial charge in [-0.15, -0.1) is 0 Å². The molecule has 0 aliphatic rings. The van der Waals surface area contributed by atoms with Crippen LogP contribution in [0, 0.1) is 30.1 Å². The van der Waals surface area contributed by atoms with Crippen LogP contribution >= 0.6 is 17.2 Å². The quantitative estimate of drug-likeness (QED) is 0.167. The third-order valence-corrected chi connectivity index (χ3v) is 6.94. The Hall–Kier alpha value is 0.620. The molecule has 0 bridgehead atoms. The molecule has 0 fully saturated rings. The van der Waals surface area contributed by atoms with Gasteiger partial charge < -0.3 is 28.6 Å². The van der Waals surface area contributed by atoms with Crippen molar-refractivity contribution >= 4 is 17.2 Å². The highest BCUT2D eigenvalue weighted by Gasteiger charge is 2.64. The van der Waals surface area contributed by atoms with Crippen molar-refractivity contribution in [3.05, 3.63) is 13.8 Å². The lowest BCUT2D eigenvalue weighted by Gasteiger charge is -2.62. The first kappa shape index (κ1) is 29.6. The molecule has 0 unspecified atom stereocenters. The van der Waals surface area contributed by atoms with E-state index >= 15 is 0 Å². The van der Waals surface area contributed by atoms with Crippen molar-refractivity contribution in [2.75, 3.05) is 6.61 Å². The molecule has 0 aliphatic carbocycles. The van der Waals surface area contributed by atoms with Gasteiger partial charge in [0, 0.05) is 5.41 Å². The van der Waals surface area contributed by atoms with E-state index in [1.165, 1.54) is 0 Å². The van der Waals surface area contributed by atoms with Gasteiger partial charge in [-0.25, -0.2) is 0 Å². The second kappa shape index (κ2) is 12.6. The van der Waals surface area contributed by atoms with Crippen molar-refractivity contribution in [2.24, 2.45) is 16.2 Å². The molecule has 0 rings (SSSR count). The zero-order valence-corrected chi connectivity index (χ0v) is 21.1. The second-order valence-corrected chi connectivity index (χ2v) is 11.0. The SMILES string of the molecule is [CH2]C([CH2])(COP(O)O)C(OP(O)O)(C(C)(C)CCCCC)C(C)(C)CCCCC. The summed E-state index contributed by atoms with van der Waals surface area (Å²) in [5.74, 6) is 0. The molecule has 0 amide bonds. The average Bonchev–Trinajstić information content (AvgIpc) is 2.57.